The molecule has 2 N–H and O–H groups in total. The van der Waals surface area contributed by atoms with Crippen molar-refractivity contribution in [3.63, 3.8) is 0 Å². The third kappa shape index (κ3) is 2.16. The van der Waals surface area contributed by atoms with Gasteiger partial charge < -0.3 is 10.1 Å². The Bertz CT molecular complexity index is 337. The molecule has 1 amide bonds. The highest BCUT2D eigenvalue weighted by Crippen LogP contribution is 2.38. The number of hydrogen-bond acceptors (Lipinski definition) is 2. The molecule has 0 aromatic carbocycles. The van der Waals surface area contributed by atoms with Gasteiger partial charge in [0, 0.05) is 12.1 Å². The van der Waals surface area contributed by atoms with Crippen LogP contribution >= 0.6 is 0 Å². The van der Waals surface area contributed by atoms with E-state index in [1.807, 2.05) is 18.7 Å². The molecule has 1 rings (SSSR count). The van der Waals surface area contributed by atoms with Gasteiger partial charge in [-0.15, -0.1) is 0 Å². The largest absolute Gasteiger partial charge is 0.337 e. The number of hydroxylamine groups is 2. The van der Waals surface area contributed by atoms with Crippen molar-refractivity contribution < 1.29 is 10.0 Å². The van der Waals surface area contributed by atoms with Crippen LogP contribution < -0.4 is 0 Å². The molecule has 18 heavy (non-hydrogen) atoms. The lowest BCUT2D eigenvalue weighted by Crippen LogP contribution is -2.74. The van der Waals surface area contributed by atoms with Crippen LogP contribution in [-0.2, 0) is 4.79 Å². The van der Waals surface area contributed by atoms with Crippen molar-refractivity contribution in [1.82, 2.24) is 9.96 Å². The molecular weight excluding hydrogens is 228 g/mol. The molecule has 0 aromatic heterocycles. The third-order valence-electron chi connectivity index (χ3n) is 4.50. The maximum atomic E-state index is 12.7. The van der Waals surface area contributed by atoms with Crippen molar-refractivity contribution in [3.8, 4) is 0 Å². The van der Waals surface area contributed by atoms with Crippen LogP contribution in [0, 0.1) is 0 Å². The molecule has 2 atom stereocenters. The number of rotatable bonds is 2. The zero-order valence-electron chi connectivity index (χ0n) is 12.9. The third-order valence-corrected chi connectivity index (χ3v) is 4.50. The summed E-state index contributed by atoms with van der Waals surface area (Å²) in [6.07, 6.45) is 1.53. The molecular formula is C14H29N2O2+. The zero-order chi connectivity index (χ0) is 14.4. The molecule has 2 unspecified atom stereocenters. The fourth-order valence-electron chi connectivity index (χ4n) is 2.59. The van der Waals surface area contributed by atoms with E-state index < -0.39 is 5.54 Å². The van der Waals surface area contributed by atoms with Gasteiger partial charge in [0.05, 0.1) is 0 Å². The van der Waals surface area contributed by atoms with E-state index in [1.54, 1.807) is 5.06 Å². The van der Waals surface area contributed by atoms with Crippen LogP contribution in [0.2, 0.25) is 0 Å². The Morgan fingerprint density at radius 2 is 1.72 bits per heavy atom. The molecule has 106 valence electrons. The fourth-order valence-corrected chi connectivity index (χ4v) is 2.59. The highest BCUT2D eigenvalue weighted by molar-refractivity contribution is 5.87. The Labute approximate surface area is 111 Å². The molecule has 1 heterocycles. The Balaban J connectivity index is 3.27. The van der Waals surface area contributed by atoms with E-state index in [9.17, 15) is 4.79 Å². The van der Waals surface area contributed by atoms with Crippen molar-refractivity contribution in [2.24, 2.45) is 0 Å². The first kappa shape index (κ1) is 15.4. The predicted octanol–water partition coefficient (Wildman–Crippen LogP) is 1.91. The second-order valence-electron chi connectivity index (χ2n) is 6.88. The van der Waals surface area contributed by atoms with E-state index in [1.165, 1.54) is 0 Å². The number of piperazine rings is 1. The molecule has 0 radical (unpaired) electrons. The second kappa shape index (κ2) is 4.49. The summed E-state index contributed by atoms with van der Waals surface area (Å²) in [5, 5.41) is 9.94. The first-order valence-corrected chi connectivity index (χ1v) is 6.86. The molecule has 0 aliphatic carbocycles. The minimum absolute atomic E-state index is 0.0819. The molecule has 1 saturated heterocycles. The lowest BCUT2D eigenvalue weighted by atomic mass is 9.82. The Morgan fingerprint density at radius 3 is 2.06 bits per heavy atom. The molecule has 1 aliphatic heterocycles. The minimum atomic E-state index is -0.712. The second-order valence-corrected chi connectivity index (χ2v) is 6.88. The standard InChI is InChI=1S/C14H28N2O2/c1-8-13(6)10-15(12(3,4)5)11(17)14(7,9-2)16(13)18/h18H,8-10H2,1-7H3/p+1. The van der Waals surface area contributed by atoms with Crippen LogP contribution in [0.25, 0.3) is 0 Å². The van der Waals surface area contributed by atoms with E-state index in [0.29, 0.717) is 13.0 Å². The van der Waals surface area contributed by atoms with Gasteiger partial charge in [-0.3, -0.25) is 4.79 Å². The molecule has 1 aliphatic rings. The quantitative estimate of drug-likeness (QED) is 0.709. The average molecular weight is 257 g/mol. The van der Waals surface area contributed by atoms with Gasteiger partial charge >= 0.3 is 0 Å². The van der Waals surface area contributed by atoms with Gasteiger partial charge in [-0.2, -0.15) is 0 Å². The summed E-state index contributed by atoms with van der Waals surface area (Å²) in [5.74, 6) is 0.0819. The van der Waals surface area contributed by atoms with Crippen molar-refractivity contribution >= 4 is 5.91 Å². The van der Waals surface area contributed by atoms with E-state index in [-0.39, 0.29) is 17.0 Å². The first-order chi connectivity index (χ1) is 8.03. The van der Waals surface area contributed by atoms with Crippen LogP contribution in [0.1, 0.15) is 61.3 Å². The molecule has 1 fully saturated rings. The van der Waals surface area contributed by atoms with Crippen molar-refractivity contribution in [2.75, 3.05) is 6.54 Å². The van der Waals surface area contributed by atoms with Crippen LogP contribution in [-0.4, -0.2) is 44.2 Å². The summed E-state index contributed by atoms with van der Waals surface area (Å²) < 4.78 is 0. The van der Waals surface area contributed by atoms with Gasteiger partial charge in [0.15, 0.2) is 5.54 Å². The van der Waals surface area contributed by atoms with E-state index in [4.69, 9.17) is 5.21 Å². The summed E-state index contributed by atoms with van der Waals surface area (Å²) in [7, 11) is 0. The average Bonchev–Trinajstić information content (AvgIpc) is 2.30. The molecule has 0 saturated carbocycles. The number of nitrogens with zero attached hydrogens (tertiary/aromatic N) is 2. The van der Waals surface area contributed by atoms with Crippen molar-refractivity contribution in [1.29, 1.82) is 0 Å². The number of carbonyl (C=O) groups is 1. The van der Waals surface area contributed by atoms with Gasteiger partial charge in [-0.25, -0.2) is 0 Å². The Kier molecular flexibility index (Phi) is 3.86. The van der Waals surface area contributed by atoms with Crippen LogP contribution in [0.15, 0.2) is 0 Å². The van der Waals surface area contributed by atoms with E-state index in [0.717, 1.165) is 6.42 Å². The highest BCUT2D eigenvalue weighted by Gasteiger charge is 2.58. The normalized spacial score (nSPS) is 35.1. The summed E-state index contributed by atoms with van der Waals surface area (Å²) in [6.45, 7) is 14.9. The monoisotopic (exact) mass is 257 g/mol. The summed E-state index contributed by atoms with van der Waals surface area (Å²) in [5.41, 5.74) is -1.17. The SMILES string of the molecule is CCC1(C)CN(C(C)(C)C)C(=O)C(C)(CC)N1[OH2+]. The number of hydrogen-bond donors (Lipinski definition) is 0. The van der Waals surface area contributed by atoms with Crippen molar-refractivity contribution in [3.05, 3.63) is 0 Å². The topological polar surface area (TPSA) is 46.5 Å². The molecule has 4 nitrogen and oxygen atoms in total. The van der Waals surface area contributed by atoms with Gasteiger partial charge in [0.25, 0.3) is 5.91 Å². The maximum absolute atomic E-state index is 12.7. The van der Waals surface area contributed by atoms with Gasteiger partial charge in [0.1, 0.15) is 5.54 Å². The molecule has 0 aromatic rings. The zero-order valence-corrected chi connectivity index (χ0v) is 12.9. The van der Waals surface area contributed by atoms with Gasteiger partial charge in [-0.1, -0.05) is 18.9 Å². The van der Waals surface area contributed by atoms with Crippen LogP contribution in [0.5, 0.6) is 0 Å². The van der Waals surface area contributed by atoms with Crippen molar-refractivity contribution in [2.45, 2.75) is 77.9 Å². The molecule has 4 heteroatoms. The summed E-state index contributed by atoms with van der Waals surface area (Å²) in [4.78, 5) is 14.7. The predicted molar refractivity (Wildman–Crippen MR) is 74.3 cm³/mol. The van der Waals surface area contributed by atoms with Crippen LogP contribution in [0.4, 0.5) is 0 Å². The Morgan fingerprint density at radius 1 is 1.22 bits per heavy atom. The first-order valence-electron chi connectivity index (χ1n) is 6.86. The summed E-state index contributed by atoms with van der Waals surface area (Å²) >= 11 is 0. The molecule has 0 spiro atoms. The fraction of sp³-hybridized carbons (Fsp3) is 0.929. The lowest BCUT2D eigenvalue weighted by molar-refractivity contribution is -0.262. The highest BCUT2D eigenvalue weighted by atomic mass is 16.5. The lowest BCUT2D eigenvalue weighted by Gasteiger charge is -2.54. The summed E-state index contributed by atoms with van der Waals surface area (Å²) in [6, 6.07) is 0. The van der Waals surface area contributed by atoms with Gasteiger partial charge in [-0.05, 0) is 47.5 Å². The van der Waals surface area contributed by atoms with E-state index in [2.05, 4.69) is 34.6 Å². The number of carbonyl (C=O) groups excluding carboxylic acids is 1. The maximum Gasteiger partial charge on any atom is 0.250 e. The minimum Gasteiger partial charge on any atom is -0.337 e. The Hall–Kier alpha value is -0.610. The molecule has 0 bridgehead atoms. The van der Waals surface area contributed by atoms with E-state index >= 15 is 0 Å². The number of amides is 1. The smallest absolute Gasteiger partial charge is 0.250 e. The van der Waals surface area contributed by atoms with Gasteiger partial charge in [0.2, 0.25) is 0 Å². The van der Waals surface area contributed by atoms with Crippen LogP contribution in [0.3, 0.4) is 0 Å².